The molecule has 0 heterocycles. The first-order chi connectivity index (χ1) is 5.56. The van der Waals surface area contributed by atoms with Gasteiger partial charge in [0, 0.05) is 24.5 Å². The second kappa shape index (κ2) is 7.49. The molecule has 74 valence electrons. The lowest BCUT2D eigenvalue weighted by atomic mass is 10.1. The highest BCUT2D eigenvalue weighted by atomic mass is 33.1. The maximum atomic E-state index is 9.26. The van der Waals surface area contributed by atoms with E-state index >= 15 is 0 Å². The standard InChI is InChI=1S/C8H20OPS2/c1-2-3-4-5-6-7-8-10(9,11)12/h9,11-12H,2-8H2,1H3/q+1. The molecule has 0 aliphatic carbocycles. The molecule has 0 bridgehead atoms. The molecule has 0 saturated carbocycles. The Labute approximate surface area is 87.1 Å². The predicted molar refractivity (Wildman–Crippen MR) is 65.4 cm³/mol. The Hall–Kier alpha value is 1.09. The minimum Gasteiger partial charge on any atom is -0.228 e. The van der Waals surface area contributed by atoms with Crippen molar-refractivity contribution in [3.8, 4) is 0 Å². The molecule has 0 saturated heterocycles. The molecule has 4 heteroatoms. The van der Waals surface area contributed by atoms with Gasteiger partial charge in [0.15, 0.2) is 0 Å². The molecule has 0 aliphatic rings. The number of thiol groups is 2. The fourth-order valence-electron chi connectivity index (χ4n) is 1.10. The number of hydrogen-bond acceptors (Lipinski definition) is 3. The maximum absolute atomic E-state index is 9.26. The van der Waals surface area contributed by atoms with E-state index in [1.54, 1.807) is 0 Å². The van der Waals surface area contributed by atoms with Gasteiger partial charge in [0.2, 0.25) is 0 Å². The molecule has 0 spiro atoms. The molecule has 0 atom stereocenters. The fraction of sp³-hybridized carbons (Fsp3) is 1.00. The first-order valence-electron chi connectivity index (χ1n) is 4.62. The van der Waals surface area contributed by atoms with E-state index in [9.17, 15) is 4.89 Å². The summed E-state index contributed by atoms with van der Waals surface area (Å²) in [4.78, 5) is 9.26. The zero-order valence-corrected chi connectivity index (χ0v) is 10.4. The Morgan fingerprint density at radius 2 is 1.50 bits per heavy atom. The summed E-state index contributed by atoms with van der Waals surface area (Å²) in [5.74, 6) is -2.08. The van der Waals surface area contributed by atoms with Gasteiger partial charge in [-0.2, -0.15) is 0 Å². The average molecular weight is 227 g/mol. The Kier molecular flexibility index (Phi) is 8.17. The lowest BCUT2D eigenvalue weighted by molar-refractivity contribution is 0.607. The molecule has 12 heavy (non-hydrogen) atoms. The van der Waals surface area contributed by atoms with Crippen molar-refractivity contribution in [3.63, 3.8) is 0 Å². The van der Waals surface area contributed by atoms with E-state index in [1.165, 1.54) is 32.1 Å². The maximum Gasteiger partial charge on any atom is 0.252 e. The van der Waals surface area contributed by atoms with Crippen molar-refractivity contribution < 1.29 is 4.89 Å². The van der Waals surface area contributed by atoms with E-state index in [4.69, 9.17) is 0 Å². The Balaban J connectivity index is 3.01. The summed E-state index contributed by atoms with van der Waals surface area (Å²) in [6.07, 6.45) is 8.30. The van der Waals surface area contributed by atoms with Crippen LogP contribution >= 0.6 is 30.4 Å². The Bertz CT molecular complexity index is 104. The van der Waals surface area contributed by atoms with Crippen LogP contribution in [-0.2, 0) is 0 Å². The van der Waals surface area contributed by atoms with Crippen LogP contribution in [0, 0.1) is 0 Å². The van der Waals surface area contributed by atoms with E-state index < -0.39 is 5.89 Å². The molecular weight excluding hydrogens is 207 g/mol. The largest absolute Gasteiger partial charge is 0.252 e. The van der Waals surface area contributed by atoms with E-state index in [0.717, 1.165) is 12.6 Å². The highest BCUT2D eigenvalue weighted by Gasteiger charge is 2.23. The zero-order valence-electron chi connectivity index (χ0n) is 7.74. The van der Waals surface area contributed by atoms with E-state index in [0.29, 0.717) is 0 Å². The Morgan fingerprint density at radius 1 is 1.00 bits per heavy atom. The van der Waals surface area contributed by atoms with Crippen molar-refractivity contribution in [1.82, 2.24) is 0 Å². The van der Waals surface area contributed by atoms with Crippen molar-refractivity contribution >= 4 is 30.4 Å². The third-order valence-corrected chi connectivity index (χ3v) is 3.93. The molecule has 0 aromatic rings. The lowest BCUT2D eigenvalue weighted by Gasteiger charge is -2.04. The predicted octanol–water partition coefficient (Wildman–Crippen LogP) is 3.96. The molecule has 0 radical (unpaired) electrons. The smallest absolute Gasteiger partial charge is 0.228 e. The SMILES string of the molecule is CCCCCCCC[P+](O)(S)S. The molecule has 0 aliphatic heterocycles. The van der Waals surface area contributed by atoms with Crippen molar-refractivity contribution in [1.29, 1.82) is 0 Å². The van der Waals surface area contributed by atoms with Gasteiger partial charge >= 0.3 is 0 Å². The number of rotatable bonds is 7. The second-order valence-electron chi connectivity index (χ2n) is 3.18. The summed E-state index contributed by atoms with van der Waals surface area (Å²) in [5, 5.41) is 0. The van der Waals surface area contributed by atoms with Gasteiger partial charge in [-0.15, -0.1) is 0 Å². The van der Waals surface area contributed by atoms with Crippen molar-refractivity contribution in [2.45, 2.75) is 45.4 Å². The van der Waals surface area contributed by atoms with Gasteiger partial charge in [0.25, 0.3) is 5.89 Å². The normalized spacial score (nSPS) is 12.0. The van der Waals surface area contributed by atoms with Gasteiger partial charge in [-0.1, -0.05) is 32.6 Å². The van der Waals surface area contributed by atoms with Crippen LogP contribution in [0.1, 0.15) is 45.4 Å². The summed E-state index contributed by atoms with van der Waals surface area (Å²) in [6, 6.07) is 0. The van der Waals surface area contributed by atoms with Crippen LogP contribution in [-0.4, -0.2) is 11.1 Å². The van der Waals surface area contributed by atoms with Crippen LogP contribution in [0.15, 0.2) is 0 Å². The van der Waals surface area contributed by atoms with Crippen molar-refractivity contribution in [3.05, 3.63) is 0 Å². The Morgan fingerprint density at radius 3 is 2.00 bits per heavy atom. The van der Waals surface area contributed by atoms with Gasteiger partial charge in [-0.3, -0.25) is 0 Å². The van der Waals surface area contributed by atoms with E-state index in [-0.39, 0.29) is 0 Å². The van der Waals surface area contributed by atoms with Crippen molar-refractivity contribution in [2.24, 2.45) is 0 Å². The quantitative estimate of drug-likeness (QED) is 0.341. The molecule has 1 N–H and O–H groups in total. The van der Waals surface area contributed by atoms with Gasteiger partial charge in [-0.05, 0) is 12.8 Å². The number of unbranched alkanes of at least 4 members (excludes halogenated alkanes) is 5. The average Bonchev–Trinajstić information content (AvgIpc) is 1.94. The molecule has 0 fully saturated rings. The monoisotopic (exact) mass is 227 g/mol. The van der Waals surface area contributed by atoms with Crippen LogP contribution in [0.3, 0.4) is 0 Å². The summed E-state index contributed by atoms with van der Waals surface area (Å²) < 4.78 is 0. The van der Waals surface area contributed by atoms with Gasteiger partial charge in [0.05, 0.1) is 0 Å². The first-order valence-corrected chi connectivity index (χ1v) is 8.86. The molecule has 0 aromatic heterocycles. The third-order valence-electron chi connectivity index (χ3n) is 1.81. The molecule has 1 nitrogen and oxygen atoms in total. The second-order valence-corrected chi connectivity index (χ2v) is 9.93. The zero-order chi connectivity index (χ0) is 9.45. The molecule has 0 amide bonds. The van der Waals surface area contributed by atoms with Gasteiger partial charge in [0.1, 0.15) is 6.16 Å². The van der Waals surface area contributed by atoms with Crippen molar-refractivity contribution in [2.75, 3.05) is 6.16 Å². The van der Waals surface area contributed by atoms with Crippen LogP contribution < -0.4 is 0 Å². The number of hydrogen-bond donors (Lipinski definition) is 3. The molecule has 0 aromatic carbocycles. The van der Waals surface area contributed by atoms with Crippen LogP contribution in [0.4, 0.5) is 0 Å². The van der Waals surface area contributed by atoms with Crippen LogP contribution in [0.5, 0.6) is 0 Å². The van der Waals surface area contributed by atoms with Crippen LogP contribution in [0.2, 0.25) is 0 Å². The van der Waals surface area contributed by atoms with Gasteiger partial charge in [-0.25, -0.2) is 4.89 Å². The molecule has 0 unspecified atom stereocenters. The molecular formula is C8H20OPS2+. The topological polar surface area (TPSA) is 20.2 Å². The first kappa shape index (κ1) is 13.1. The summed E-state index contributed by atoms with van der Waals surface area (Å²) in [5.41, 5.74) is 0. The van der Waals surface area contributed by atoms with E-state index in [2.05, 4.69) is 31.4 Å². The summed E-state index contributed by atoms with van der Waals surface area (Å²) >= 11 is 8.06. The minimum atomic E-state index is -2.08. The highest BCUT2D eigenvalue weighted by molar-refractivity contribution is 8.83. The van der Waals surface area contributed by atoms with E-state index in [1.807, 2.05) is 0 Å². The fourth-order valence-corrected chi connectivity index (χ4v) is 2.60. The summed E-state index contributed by atoms with van der Waals surface area (Å²) in [7, 11) is 0. The molecule has 0 rings (SSSR count). The van der Waals surface area contributed by atoms with Crippen LogP contribution in [0.25, 0.3) is 0 Å². The highest BCUT2D eigenvalue weighted by Crippen LogP contribution is 2.64. The summed E-state index contributed by atoms with van der Waals surface area (Å²) in [6.45, 7) is 2.21. The minimum absolute atomic E-state index is 0.783. The van der Waals surface area contributed by atoms with Gasteiger partial charge < -0.3 is 0 Å². The third kappa shape index (κ3) is 11.1. The lowest BCUT2D eigenvalue weighted by Crippen LogP contribution is -1.86.